The zero-order valence-corrected chi connectivity index (χ0v) is 7.59. The summed E-state index contributed by atoms with van der Waals surface area (Å²) >= 11 is 0. The molecule has 0 radical (unpaired) electrons. The van der Waals surface area contributed by atoms with Crippen LogP contribution in [-0.2, 0) is 0 Å². The van der Waals surface area contributed by atoms with Crippen LogP contribution in [0, 0.1) is 5.41 Å². The molecular formula is C11H9N3. The average molecular weight is 183 g/mol. The van der Waals surface area contributed by atoms with Gasteiger partial charge in [0.05, 0.1) is 23.4 Å². The van der Waals surface area contributed by atoms with Crippen molar-refractivity contribution in [2.24, 2.45) is 20.4 Å². The number of aliphatic imine (C=N–C) groups is 3. The number of rotatable bonds is 0. The summed E-state index contributed by atoms with van der Waals surface area (Å²) in [5.74, 6) is 0. The van der Waals surface area contributed by atoms with Crippen molar-refractivity contribution in [2.45, 2.75) is 0 Å². The minimum atomic E-state index is -0.182. The van der Waals surface area contributed by atoms with Crippen molar-refractivity contribution in [3.05, 3.63) is 36.6 Å². The molecule has 14 heavy (non-hydrogen) atoms. The van der Waals surface area contributed by atoms with E-state index in [1.54, 1.807) is 12.5 Å². The van der Waals surface area contributed by atoms with Gasteiger partial charge in [0, 0.05) is 6.20 Å². The van der Waals surface area contributed by atoms with E-state index in [4.69, 9.17) is 0 Å². The van der Waals surface area contributed by atoms with Crippen molar-refractivity contribution >= 4 is 17.8 Å². The van der Waals surface area contributed by atoms with Crippen LogP contribution in [0.2, 0.25) is 0 Å². The lowest BCUT2D eigenvalue weighted by molar-refractivity contribution is 0.725. The standard InChI is InChI=1S/C11H9N3/c1-2-5-11-7-12-8-14-10(11)4-6-13-9(11)3-1/h1-6,8H,7H2. The predicted octanol–water partition coefficient (Wildman–Crippen LogP) is 1.55. The van der Waals surface area contributed by atoms with Gasteiger partial charge in [-0.1, -0.05) is 18.2 Å². The normalized spacial score (nSPS) is 32.0. The van der Waals surface area contributed by atoms with Crippen LogP contribution < -0.4 is 0 Å². The lowest BCUT2D eigenvalue weighted by Gasteiger charge is -2.34. The van der Waals surface area contributed by atoms with Gasteiger partial charge in [-0.15, -0.1) is 0 Å². The van der Waals surface area contributed by atoms with Crippen LogP contribution in [0.3, 0.4) is 0 Å². The van der Waals surface area contributed by atoms with Gasteiger partial charge in [0.15, 0.2) is 0 Å². The fraction of sp³-hybridized carbons (Fsp3) is 0.182. The molecule has 0 amide bonds. The van der Waals surface area contributed by atoms with Gasteiger partial charge in [-0.2, -0.15) is 0 Å². The van der Waals surface area contributed by atoms with Crippen LogP contribution in [0.1, 0.15) is 0 Å². The van der Waals surface area contributed by atoms with Gasteiger partial charge in [0.2, 0.25) is 0 Å². The third-order valence-electron chi connectivity index (χ3n) is 2.73. The first-order chi connectivity index (χ1) is 6.92. The first-order valence-corrected chi connectivity index (χ1v) is 4.59. The molecular weight excluding hydrogens is 174 g/mol. The van der Waals surface area contributed by atoms with E-state index in [0.29, 0.717) is 0 Å². The van der Waals surface area contributed by atoms with E-state index in [0.717, 1.165) is 18.0 Å². The van der Waals surface area contributed by atoms with Crippen molar-refractivity contribution in [3.8, 4) is 0 Å². The number of nitrogens with zero attached hydrogens (tertiary/aromatic N) is 3. The molecule has 2 heterocycles. The van der Waals surface area contributed by atoms with Crippen molar-refractivity contribution in [1.82, 2.24) is 0 Å². The van der Waals surface area contributed by atoms with Crippen LogP contribution in [0.15, 0.2) is 51.6 Å². The number of hydrogen-bond acceptors (Lipinski definition) is 3. The molecule has 0 aromatic heterocycles. The van der Waals surface area contributed by atoms with Crippen molar-refractivity contribution in [1.29, 1.82) is 0 Å². The van der Waals surface area contributed by atoms with Crippen molar-refractivity contribution in [3.63, 3.8) is 0 Å². The Bertz CT molecular complexity index is 439. The zero-order chi connectivity index (χ0) is 9.43. The average Bonchev–Trinajstić information content (AvgIpc) is 2.26. The first-order valence-electron chi connectivity index (χ1n) is 4.59. The second-order valence-electron chi connectivity index (χ2n) is 3.49. The Morgan fingerprint density at radius 3 is 3.00 bits per heavy atom. The van der Waals surface area contributed by atoms with E-state index >= 15 is 0 Å². The van der Waals surface area contributed by atoms with E-state index in [1.165, 1.54) is 0 Å². The molecule has 0 fully saturated rings. The molecule has 68 valence electrons. The fourth-order valence-corrected chi connectivity index (χ4v) is 1.97. The SMILES string of the molecule is C1=CC2=NC=CC3=NC=NCC23C=C1. The Hall–Kier alpha value is -1.77. The lowest BCUT2D eigenvalue weighted by atomic mass is 9.74. The molecule has 3 heteroatoms. The summed E-state index contributed by atoms with van der Waals surface area (Å²) in [6, 6.07) is 0. The highest BCUT2D eigenvalue weighted by Crippen LogP contribution is 2.32. The predicted molar refractivity (Wildman–Crippen MR) is 58.1 cm³/mol. The van der Waals surface area contributed by atoms with Crippen LogP contribution in [0.4, 0.5) is 0 Å². The minimum absolute atomic E-state index is 0.182. The molecule has 0 aromatic rings. The van der Waals surface area contributed by atoms with Gasteiger partial charge >= 0.3 is 0 Å². The second kappa shape index (κ2) is 2.61. The third-order valence-corrected chi connectivity index (χ3v) is 2.73. The van der Waals surface area contributed by atoms with Gasteiger partial charge in [0.25, 0.3) is 0 Å². The van der Waals surface area contributed by atoms with Gasteiger partial charge < -0.3 is 0 Å². The van der Waals surface area contributed by atoms with Gasteiger partial charge in [-0.3, -0.25) is 9.98 Å². The smallest absolute Gasteiger partial charge is 0.110 e. The molecule has 1 spiro atoms. The number of allylic oxidation sites excluding steroid dienone is 4. The van der Waals surface area contributed by atoms with Gasteiger partial charge in [-0.05, 0) is 12.2 Å². The topological polar surface area (TPSA) is 37.1 Å². The second-order valence-corrected chi connectivity index (χ2v) is 3.49. The van der Waals surface area contributed by atoms with Crippen LogP contribution in [0.5, 0.6) is 0 Å². The van der Waals surface area contributed by atoms with E-state index in [9.17, 15) is 0 Å². The largest absolute Gasteiger partial charge is 0.272 e. The van der Waals surface area contributed by atoms with E-state index < -0.39 is 0 Å². The maximum absolute atomic E-state index is 4.37. The Morgan fingerprint density at radius 1 is 1.07 bits per heavy atom. The molecule has 1 unspecified atom stereocenters. The van der Waals surface area contributed by atoms with Crippen molar-refractivity contribution in [2.75, 3.05) is 6.54 Å². The molecule has 0 bridgehead atoms. The van der Waals surface area contributed by atoms with Crippen LogP contribution >= 0.6 is 0 Å². The summed E-state index contributed by atoms with van der Waals surface area (Å²) in [5, 5.41) is 0. The number of hydrogen-bond donors (Lipinski definition) is 0. The Morgan fingerprint density at radius 2 is 2.00 bits per heavy atom. The molecule has 0 saturated carbocycles. The Labute approximate surface area is 82.0 Å². The van der Waals surface area contributed by atoms with E-state index in [2.05, 4.69) is 21.1 Å². The summed E-state index contributed by atoms with van der Waals surface area (Å²) < 4.78 is 0. The van der Waals surface area contributed by atoms with E-state index in [1.807, 2.05) is 24.3 Å². The summed E-state index contributed by atoms with van der Waals surface area (Å²) in [7, 11) is 0. The molecule has 2 aliphatic heterocycles. The molecule has 3 rings (SSSR count). The highest BCUT2D eigenvalue weighted by molar-refractivity contribution is 6.25. The minimum Gasteiger partial charge on any atom is -0.272 e. The highest BCUT2D eigenvalue weighted by atomic mass is 15.0. The molecule has 3 aliphatic rings. The Kier molecular flexibility index (Phi) is 1.42. The van der Waals surface area contributed by atoms with Crippen molar-refractivity contribution < 1.29 is 0 Å². The van der Waals surface area contributed by atoms with Gasteiger partial charge in [-0.25, -0.2) is 4.99 Å². The summed E-state index contributed by atoms with van der Waals surface area (Å²) in [4.78, 5) is 12.9. The quantitative estimate of drug-likeness (QED) is 0.546. The monoisotopic (exact) mass is 183 g/mol. The maximum Gasteiger partial charge on any atom is 0.110 e. The van der Waals surface area contributed by atoms with Crippen LogP contribution in [0.25, 0.3) is 0 Å². The summed E-state index contributed by atoms with van der Waals surface area (Å²) in [6.45, 7) is 0.718. The van der Waals surface area contributed by atoms with E-state index in [-0.39, 0.29) is 5.41 Å². The fourth-order valence-electron chi connectivity index (χ4n) is 1.97. The molecule has 1 atom stereocenters. The molecule has 3 nitrogen and oxygen atoms in total. The van der Waals surface area contributed by atoms with Crippen LogP contribution in [-0.4, -0.2) is 24.3 Å². The molecule has 0 aromatic carbocycles. The zero-order valence-electron chi connectivity index (χ0n) is 7.59. The summed E-state index contributed by atoms with van der Waals surface area (Å²) in [5.41, 5.74) is 1.90. The molecule has 0 N–H and O–H groups in total. The maximum atomic E-state index is 4.37. The molecule has 0 saturated heterocycles. The molecule has 1 aliphatic carbocycles. The highest BCUT2D eigenvalue weighted by Gasteiger charge is 2.39. The Balaban J connectivity index is 2.22. The first kappa shape index (κ1) is 7.62. The third kappa shape index (κ3) is 0.839. The lowest BCUT2D eigenvalue weighted by Crippen LogP contribution is -2.42. The summed E-state index contributed by atoms with van der Waals surface area (Å²) in [6.07, 6.45) is 13.6. The van der Waals surface area contributed by atoms with Gasteiger partial charge in [0.1, 0.15) is 6.34 Å².